The van der Waals surface area contributed by atoms with Crippen molar-refractivity contribution in [2.75, 3.05) is 18.0 Å². The van der Waals surface area contributed by atoms with Crippen molar-refractivity contribution in [1.29, 1.82) is 0 Å². The Labute approximate surface area is 160 Å². The zero-order valence-electron chi connectivity index (χ0n) is 15.1. The third-order valence-corrected chi connectivity index (χ3v) is 5.94. The topological polar surface area (TPSA) is 91.0 Å². The van der Waals surface area contributed by atoms with E-state index in [-0.39, 0.29) is 24.2 Å². The van der Waals surface area contributed by atoms with Gasteiger partial charge in [0, 0.05) is 36.6 Å². The highest BCUT2D eigenvalue weighted by Gasteiger charge is 2.36. The standard InChI is InChI=1S/C19H21N5O2S/c1-2-16-22-23-19(27-16)24-11-13(9-17(24)25)18(26)20-8-7-12-10-21-15-6-4-3-5-14(12)15/h3-6,10,13,21H,2,7-9,11H2,1H3,(H,20,26). The van der Waals surface area contributed by atoms with E-state index in [2.05, 4.69) is 26.6 Å². The van der Waals surface area contributed by atoms with E-state index in [1.807, 2.05) is 31.3 Å². The molecule has 3 aromatic rings. The Bertz CT molecular complexity index is 979. The number of aryl methyl sites for hydroxylation is 1. The SMILES string of the molecule is CCc1nnc(N2CC(C(=O)NCCc3c[nH]c4ccccc34)CC2=O)s1. The summed E-state index contributed by atoms with van der Waals surface area (Å²) in [7, 11) is 0. The highest BCUT2D eigenvalue weighted by Crippen LogP contribution is 2.28. The molecule has 27 heavy (non-hydrogen) atoms. The fourth-order valence-electron chi connectivity index (χ4n) is 3.37. The van der Waals surface area contributed by atoms with Crippen LogP contribution in [0.2, 0.25) is 0 Å². The molecule has 1 fully saturated rings. The Hall–Kier alpha value is -2.74. The number of hydrogen-bond donors (Lipinski definition) is 2. The molecule has 0 spiro atoms. The zero-order valence-corrected chi connectivity index (χ0v) is 15.9. The number of nitrogens with one attached hydrogen (secondary N) is 2. The number of aromatic nitrogens is 3. The lowest BCUT2D eigenvalue weighted by molar-refractivity contribution is -0.126. The van der Waals surface area contributed by atoms with Gasteiger partial charge in [-0.25, -0.2) is 0 Å². The van der Waals surface area contributed by atoms with Crippen LogP contribution in [0.15, 0.2) is 30.5 Å². The van der Waals surface area contributed by atoms with Crippen LogP contribution in [0.5, 0.6) is 0 Å². The van der Waals surface area contributed by atoms with Crippen LogP contribution in [0, 0.1) is 5.92 Å². The number of hydrogen-bond acceptors (Lipinski definition) is 5. The number of H-pyrrole nitrogens is 1. The van der Waals surface area contributed by atoms with Gasteiger partial charge in [-0.1, -0.05) is 36.5 Å². The maximum absolute atomic E-state index is 12.5. The predicted molar refractivity (Wildman–Crippen MR) is 105 cm³/mol. The van der Waals surface area contributed by atoms with Crippen molar-refractivity contribution >= 4 is 39.2 Å². The largest absolute Gasteiger partial charge is 0.361 e. The predicted octanol–water partition coefficient (Wildman–Crippen LogP) is 2.29. The molecule has 1 aromatic carbocycles. The van der Waals surface area contributed by atoms with Crippen molar-refractivity contribution in [2.45, 2.75) is 26.2 Å². The molecule has 2 N–H and O–H groups in total. The van der Waals surface area contributed by atoms with Gasteiger partial charge >= 0.3 is 0 Å². The summed E-state index contributed by atoms with van der Waals surface area (Å²) >= 11 is 1.41. The number of anilines is 1. The fraction of sp³-hybridized carbons (Fsp3) is 0.368. The first-order valence-electron chi connectivity index (χ1n) is 9.11. The molecule has 4 rings (SSSR count). The van der Waals surface area contributed by atoms with Gasteiger partial charge in [-0.05, 0) is 24.5 Å². The second-order valence-corrected chi connectivity index (χ2v) is 7.68. The van der Waals surface area contributed by atoms with Gasteiger partial charge < -0.3 is 10.3 Å². The second kappa shape index (κ2) is 7.48. The summed E-state index contributed by atoms with van der Waals surface area (Å²) in [6.07, 6.45) is 3.74. The van der Waals surface area contributed by atoms with E-state index in [1.165, 1.54) is 22.3 Å². The van der Waals surface area contributed by atoms with E-state index in [9.17, 15) is 9.59 Å². The molecule has 3 heterocycles. The van der Waals surface area contributed by atoms with Crippen LogP contribution in [0.1, 0.15) is 23.9 Å². The number of nitrogens with zero attached hydrogens (tertiary/aromatic N) is 3. The quantitative estimate of drug-likeness (QED) is 0.683. The molecule has 8 heteroatoms. The minimum absolute atomic E-state index is 0.0643. The first-order chi connectivity index (χ1) is 13.2. The van der Waals surface area contributed by atoms with E-state index in [1.54, 1.807) is 4.90 Å². The number of fused-ring (bicyclic) bond motifs is 1. The van der Waals surface area contributed by atoms with Crippen LogP contribution < -0.4 is 10.2 Å². The van der Waals surface area contributed by atoms with E-state index >= 15 is 0 Å². The maximum Gasteiger partial charge on any atom is 0.229 e. The number of amides is 2. The summed E-state index contributed by atoms with van der Waals surface area (Å²) < 4.78 is 0. The number of carbonyl (C=O) groups excluding carboxylic acids is 2. The number of rotatable bonds is 6. The molecule has 0 bridgehead atoms. The first kappa shape index (κ1) is 17.7. The Morgan fingerprint density at radius 1 is 1.37 bits per heavy atom. The Kier molecular flexibility index (Phi) is 4.89. The summed E-state index contributed by atoms with van der Waals surface area (Å²) in [6.45, 7) is 2.92. The summed E-state index contributed by atoms with van der Waals surface area (Å²) in [5, 5.41) is 13.8. The number of aromatic amines is 1. The van der Waals surface area contributed by atoms with Crippen molar-refractivity contribution in [3.63, 3.8) is 0 Å². The van der Waals surface area contributed by atoms with E-state index in [0.29, 0.717) is 18.2 Å². The molecule has 7 nitrogen and oxygen atoms in total. The fourth-order valence-corrected chi connectivity index (χ4v) is 4.17. The minimum Gasteiger partial charge on any atom is -0.361 e. The second-order valence-electron chi connectivity index (χ2n) is 6.64. The van der Waals surface area contributed by atoms with Crippen molar-refractivity contribution in [3.05, 3.63) is 41.0 Å². The molecular weight excluding hydrogens is 362 g/mol. The highest BCUT2D eigenvalue weighted by molar-refractivity contribution is 7.15. The molecule has 1 aliphatic rings. The lowest BCUT2D eigenvalue weighted by atomic mass is 10.1. The molecule has 0 radical (unpaired) electrons. The van der Waals surface area contributed by atoms with Gasteiger partial charge in [0.25, 0.3) is 0 Å². The van der Waals surface area contributed by atoms with Crippen LogP contribution in [-0.2, 0) is 22.4 Å². The number of carbonyl (C=O) groups is 2. The molecular formula is C19H21N5O2S. The summed E-state index contributed by atoms with van der Waals surface area (Å²) in [4.78, 5) is 29.6. The minimum atomic E-state index is -0.338. The molecule has 1 unspecified atom stereocenters. The number of benzene rings is 1. The molecule has 1 atom stereocenters. The van der Waals surface area contributed by atoms with Gasteiger partial charge in [-0.15, -0.1) is 10.2 Å². The average Bonchev–Trinajstić information content (AvgIpc) is 3.40. The molecule has 0 saturated carbocycles. The normalized spacial score (nSPS) is 17.0. The Morgan fingerprint density at radius 2 is 2.22 bits per heavy atom. The van der Waals surface area contributed by atoms with Crippen molar-refractivity contribution in [3.8, 4) is 0 Å². The van der Waals surface area contributed by atoms with Crippen molar-refractivity contribution in [2.24, 2.45) is 5.92 Å². The smallest absolute Gasteiger partial charge is 0.229 e. The van der Waals surface area contributed by atoms with Crippen LogP contribution in [-0.4, -0.2) is 40.1 Å². The van der Waals surface area contributed by atoms with E-state index in [0.717, 1.165) is 23.4 Å². The van der Waals surface area contributed by atoms with E-state index < -0.39 is 0 Å². The van der Waals surface area contributed by atoms with Crippen molar-refractivity contribution < 1.29 is 9.59 Å². The summed E-state index contributed by atoms with van der Waals surface area (Å²) in [6, 6.07) is 8.11. The Morgan fingerprint density at radius 3 is 3.04 bits per heavy atom. The number of para-hydroxylation sites is 1. The molecule has 140 valence electrons. The van der Waals surface area contributed by atoms with Crippen LogP contribution >= 0.6 is 11.3 Å². The van der Waals surface area contributed by atoms with Gasteiger partial charge in [-0.3, -0.25) is 14.5 Å². The molecule has 2 aromatic heterocycles. The Balaban J connectivity index is 1.33. The monoisotopic (exact) mass is 383 g/mol. The average molecular weight is 383 g/mol. The third kappa shape index (κ3) is 3.57. The first-order valence-corrected chi connectivity index (χ1v) is 9.92. The highest BCUT2D eigenvalue weighted by atomic mass is 32.1. The van der Waals surface area contributed by atoms with Gasteiger partial charge in [0.1, 0.15) is 5.01 Å². The third-order valence-electron chi connectivity index (χ3n) is 4.85. The van der Waals surface area contributed by atoms with Gasteiger partial charge in [0.05, 0.1) is 5.92 Å². The molecule has 1 saturated heterocycles. The van der Waals surface area contributed by atoms with Gasteiger partial charge in [0.15, 0.2) is 0 Å². The van der Waals surface area contributed by atoms with E-state index in [4.69, 9.17) is 0 Å². The van der Waals surface area contributed by atoms with Gasteiger partial charge in [-0.2, -0.15) is 0 Å². The van der Waals surface area contributed by atoms with Gasteiger partial charge in [0.2, 0.25) is 16.9 Å². The summed E-state index contributed by atoms with van der Waals surface area (Å²) in [5.74, 6) is -0.481. The lowest BCUT2D eigenvalue weighted by Crippen LogP contribution is -2.34. The van der Waals surface area contributed by atoms with Crippen molar-refractivity contribution in [1.82, 2.24) is 20.5 Å². The molecule has 1 aliphatic heterocycles. The molecule has 2 amide bonds. The molecule has 0 aliphatic carbocycles. The van der Waals surface area contributed by atoms with Crippen LogP contribution in [0.25, 0.3) is 10.9 Å². The van der Waals surface area contributed by atoms with Crippen LogP contribution in [0.4, 0.5) is 5.13 Å². The summed E-state index contributed by atoms with van der Waals surface area (Å²) in [5.41, 5.74) is 2.27. The van der Waals surface area contributed by atoms with Crippen LogP contribution in [0.3, 0.4) is 0 Å². The zero-order chi connectivity index (χ0) is 18.8. The lowest BCUT2D eigenvalue weighted by Gasteiger charge is -2.12. The maximum atomic E-state index is 12.5.